The molecule has 1 unspecified atom stereocenters. The van der Waals surface area contributed by atoms with E-state index in [4.69, 9.17) is 4.74 Å². The van der Waals surface area contributed by atoms with Crippen molar-refractivity contribution in [3.63, 3.8) is 0 Å². The molecule has 3 heteroatoms. The Labute approximate surface area is 161 Å². The summed E-state index contributed by atoms with van der Waals surface area (Å²) in [6, 6.07) is 8.18. The maximum Gasteiger partial charge on any atom is 0.147 e. The predicted octanol–water partition coefficient (Wildman–Crippen LogP) is 4.95. The first-order chi connectivity index (χ1) is 12.7. The summed E-state index contributed by atoms with van der Waals surface area (Å²) in [5, 5.41) is 0. The Hall–Kier alpha value is -2.16. The molecule has 3 aliphatic rings. The van der Waals surface area contributed by atoms with Gasteiger partial charge in [0.2, 0.25) is 0 Å². The van der Waals surface area contributed by atoms with E-state index in [0.717, 1.165) is 23.3 Å². The Morgan fingerprint density at radius 1 is 1.04 bits per heavy atom. The Balaban J connectivity index is 1.57. The number of carbonyl (C=O) groups excluding carboxylic acids is 2. The number of ether oxygens (including phenoxy) is 1. The highest BCUT2D eigenvalue weighted by Gasteiger charge is 2.55. The van der Waals surface area contributed by atoms with Gasteiger partial charge in [0.25, 0.3) is 0 Å². The van der Waals surface area contributed by atoms with Crippen LogP contribution in [0.3, 0.4) is 0 Å². The van der Waals surface area contributed by atoms with Gasteiger partial charge >= 0.3 is 0 Å². The molecule has 3 nitrogen and oxygen atoms in total. The van der Waals surface area contributed by atoms with Crippen LogP contribution in [0.5, 0.6) is 5.75 Å². The molecule has 0 saturated heterocycles. The second-order valence-electron chi connectivity index (χ2n) is 9.68. The second-order valence-corrected chi connectivity index (χ2v) is 9.68. The summed E-state index contributed by atoms with van der Waals surface area (Å²) in [5.41, 5.74) is 2.12. The highest BCUT2D eigenvalue weighted by Crippen LogP contribution is 2.53. The predicted molar refractivity (Wildman–Crippen MR) is 106 cm³/mol. The molecule has 4 rings (SSSR count). The van der Waals surface area contributed by atoms with Gasteiger partial charge in [0, 0.05) is 23.8 Å². The molecule has 2 saturated carbocycles. The highest BCUT2D eigenvalue weighted by atomic mass is 16.5. The summed E-state index contributed by atoms with van der Waals surface area (Å²) in [6.07, 6.45) is 5.01. The Morgan fingerprint density at radius 3 is 2.41 bits per heavy atom. The summed E-state index contributed by atoms with van der Waals surface area (Å²) < 4.78 is 5.86. The molecule has 0 radical (unpaired) electrons. The van der Waals surface area contributed by atoms with Gasteiger partial charge in [-0.3, -0.25) is 9.59 Å². The Kier molecular flexibility index (Phi) is 3.99. The van der Waals surface area contributed by atoms with E-state index in [2.05, 4.69) is 25.6 Å². The van der Waals surface area contributed by atoms with Gasteiger partial charge in [-0.1, -0.05) is 57.2 Å². The molecule has 1 aromatic rings. The van der Waals surface area contributed by atoms with Crippen LogP contribution < -0.4 is 4.74 Å². The molecule has 0 aromatic heterocycles. The number of para-hydroxylation sites is 1. The van der Waals surface area contributed by atoms with E-state index in [0.29, 0.717) is 32.3 Å². The third-order valence-corrected chi connectivity index (χ3v) is 6.69. The second kappa shape index (κ2) is 5.92. The number of ketones is 2. The first kappa shape index (κ1) is 18.2. The molecular weight excluding hydrogens is 336 g/mol. The van der Waals surface area contributed by atoms with Crippen molar-refractivity contribution in [2.24, 2.45) is 10.8 Å². The van der Waals surface area contributed by atoms with Gasteiger partial charge in [-0.2, -0.15) is 0 Å². The summed E-state index contributed by atoms with van der Waals surface area (Å²) in [4.78, 5) is 25.8. The fourth-order valence-electron chi connectivity index (χ4n) is 4.95. The lowest BCUT2D eigenvalue weighted by Gasteiger charge is -2.38. The SMILES string of the molecule is C=C1CC2(C/C1=C/CC1(C)COc3ccccc31)C(=O)CC(C)(C)CC2=O. The third-order valence-electron chi connectivity index (χ3n) is 6.69. The van der Waals surface area contributed by atoms with Crippen molar-refractivity contribution in [2.45, 2.75) is 58.3 Å². The van der Waals surface area contributed by atoms with Crippen LogP contribution in [0.4, 0.5) is 0 Å². The van der Waals surface area contributed by atoms with Gasteiger partial charge in [-0.15, -0.1) is 0 Å². The number of hydrogen-bond acceptors (Lipinski definition) is 3. The van der Waals surface area contributed by atoms with Crippen LogP contribution in [0, 0.1) is 10.8 Å². The summed E-state index contributed by atoms with van der Waals surface area (Å²) in [7, 11) is 0. The molecule has 1 aromatic carbocycles. The van der Waals surface area contributed by atoms with Crippen LogP contribution >= 0.6 is 0 Å². The van der Waals surface area contributed by atoms with Crippen molar-refractivity contribution in [2.75, 3.05) is 6.61 Å². The molecule has 0 amide bonds. The number of fused-ring (bicyclic) bond motifs is 1. The largest absolute Gasteiger partial charge is 0.492 e. The fraction of sp³-hybridized carbons (Fsp3) is 0.500. The van der Waals surface area contributed by atoms with Crippen molar-refractivity contribution in [1.82, 2.24) is 0 Å². The molecule has 27 heavy (non-hydrogen) atoms. The zero-order chi connectivity index (χ0) is 19.4. The normalized spacial score (nSPS) is 30.0. The van der Waals surface area contributed by atoms with E-state index in [1.807, 2.05) is 32.0 Å². The van der Waals surface area contributed by atoms with Crippen LogP contribution in [-0.2, 0) is 15.0 Å². The number of rotatable bonds is 2. The van der Waals surface area contributed by atoms with Crippen LogP contribution in [0.2, 0.25) is 0 Å². The monoisotopic (exact) mass is 364 g/mol. The lowest BCUT2D eigenvalue weighted by atomic mass is 9.62. The molecule has 1 heterocycles. The van der Waals surface area contributed by atoms with Crippen molar-refractivity contribution < 1.29 is 14.3 Å². The van der Waals surface area contributed by atoms with E-state index in [9.17, 15) is 9.59 Å². The molecule has 1 aliphatic heterocycles. The van der Waals surface area contributed by atoms with Gasteiger partial charge in [0.05, 0.1) is 12.0 Å². The van der Waals surface area contributed by atoms with E-state index >= 15 is 0 Å². The molecule has 2 aliphatic carbocycles. The fourth-order valence-corrected chi connectivity index (χ4v) is 4.95. The van der Waals surface area contributed by atoms with Crippen molar-refractivity contribution in [1.29, 1.82) is 0 Å². The topological polar surface area (TPSA) is 43.4 Å². The standard InChI is InChI=1S/C24H28O3/c1-16-11-24(20(25)13-22(2,3)14-21(24)26)12-17(16)9-10-23(4)15-27-19-8-6-5-7-18(19)23/h5-9H,1,10-15H2,2-4H3/b17-9-. The van der Waals surface area contributed by atoms with Gasteiger partial charge in [0.15, 0.2) is 0 Å². The number of allylic oxidation sites excluding steroid dienone is 3. The highest BCUT2D eigenvalue weighted by molar-refractivity contribution is 6.11. The van der Waals surface area contributed by atoms with Crippen molar-refractivity contribution in [3.05, 3.63) is 53.6 Å². The average molecular weight is 364 g/mol. The molecule has 1 spiro atoms. The summed E-state index contributed by atoms with van der Waals surface area (Å²) in [6.45, 7) is 11.1. The van der Waals surface area contributed by atoms with Crippen LogP contribution in [0.1, 0.15) is 58.4 Å². The van der Waals surface area contributed by atoms with Crippen LogP contribution in [-0.4, -0.2) is 18.2 Å². The number of Topliss-reactive ketones (excluding diaryl/α,β-unsaturated/α-hetero) is 2. The van der Waals surface area contributed by atoms with Gasteiger partial charge in [-0.05, 0) is 36.3 Å². The van der Waals surface area contributed by atoms with Gasteiger partial charge in [-0.25, -0.2) is 0 Å². The van der Waals surface area contributed by atoms with Crippen LogP contribution in [0.15, 0.2) is 48.1 Å². The third kappa shape index (κ3) is 2.88. The summed E-state index contributed by atoms with van der Waals surface area (Å²) >= 11 is 0. The first-order valence-corrected chi connectivity index (χ1v) is 9.81. The quantitative estimate of drug-likeness (QED) is 0.698. The van der Waals surface area contributed by atoms with Gasteiger partial charge < -0.3 is 4.74 Å². The average Bonchev–Trinajstić information content (AvgIpc) is 3.11. The van der Waals surface area contributed by atoms with E-state index < -0.39 is 5.41 Å². The Morgan fingerprint density at radius 2 is 1.70 bits per heavy atom. The zero-order valence-corrected chi connectivity index (χ0v) is 16.6. The number of hydrogen-bond donors (Lipinski definition) is 0. The maximum atomic E-state index is 12.9. The molecular formula is C24H28O3. The van der Waals surface area contributed by atoms with Crippen molar-refractivity contribution in [3.8, 4) is 5.75 Å². The summed E-state index contributed by atoms with van der Waals surface area (Å²) in [5.74, 6) is 1.17. The van der Waals surface area contributed by atoms with Gasteiger partial charge in [0.1, 0.15) is 17.3 Å². The minimum atomic E-state index is -0.844. The van der Waals surface area contributed by atoms with Crippen LogP contribution in [0.25, 0.3) is 0 Å². The molecule has 142 valence electrons. The minimum absolute atomic E-state index is 0.0812. The number of carbonyl (C=O) groups is 2. The molecule has 1 atom stereocenters. The zero-order valence-electron chi connectivity index (χ0n) is 16.6. The lowest BCUT2D eigenvalue weighted by molar-refractivity contribution is -0.147. The smallest absolute Gasteiger partial charge is 0.147 e. The van der Waals surface area contributed by atoms with E-state index in [1.54, 1.807) is 0 Å². The van der Waals surface area contributed by atoms with E-state index in [-0.39, 0.29) is 22.4 Å². The molecule has 2 fully saturated rings. The van der Waals surface area contributed by atoms with E-state index in [1.165, 1.54) is 5.56 Å². The Bertz CT molecular complexity index is 853. The van der Waals surface area contributed by atoms with Crippen molar-refractivity contribution >= 4 is 11.6 Å². The molecule has 0 N–H and O–H groups in total. The maximum absolute atomic E-state index is 12.9. The lowest BCUT2D eigenvalue weighted by Crippen LogP contribution is -2.46. The molecule has 0 bridgehead atoms. The first-order valence-electron chi connectivity index (χ1n) is 9.81. The number of benzene rings is 1. The minimum Gasteiger partial charge on any atom is -0.492 e.